The third kappa shape index (κ3) is 4.49. The summed E-state index contributed by atoms with van der Waals surface area (Å²) in [5.74, 6) is -2.45. The van der Waals surface area contributed by atoms with E-state index < -0.39 is 29.7 Å². The van der Waals surface area contributed by atoms with Gasteiger partial charge in [-0.25, -0.2) is 13.6 Å². The van der Waals surface area contributed by atoms with Gasteiger partial charge in [0.05, 0.1) is 12.5 Å². The summed E-state index contributed by atoms with van der Waals surface area (Å²) in [6, 6.07) is 1.92. The van der Waals surface area contributed by atoms with Crippen LogP contribution in [-0.4, -0.2) is 35.6 Å². The van der Waals surface area contributed by atoms with Crippen molar-refractivity contribution in [3.05, 3.63) is 35.4 Å². The first-order valence-corrected chi connectivity index (χ1v) is 5.99. The van der Waals surface area contributed by atoms with E-state index in [1.54, 1.807) is 6.92 Å². The lowest BCUT2D eigenvalue weighted by atomic mass is 10.1. The second-order valence-electron chi connectivity index (χ2n) is 4.40. The molecule has 2 N–H and O–H groups in total. The van der Waals surface area contributed by atoms with E-state index in [9.17, 15) is 18.4 Å². The third-order valence-electron chi connectivity index (χ3n) is 2.78. The first kappa shape index (κ1) is 15.9. The molecule has 0 heterocycles. The van der Waals surface area contributed by atoms with Gasteiger partial charge in [-0.2, -0.15) is 0 Å². The van der Waals surface area contributed by atoms with Crippen molar-refractivity contribution in [3.63, 3.8) is 0 Å². The Morgan fingerprint density at radius 3 is 2.60 bits per heavy atom. The van der Waals surface area contributed by atoms with Gasteiger partial charge in [-0.05, 0) is 13.0 Å². The zero-order valence-corrected chi connectivity index (χ0v) is 11.2. The number of rotatable bonds is 5. The highest BCUT2D eigenvalue weighted by atomic mass is 19.1. The highest BCUT2D eigenvalue weighted by Crippen LogP contribution is 2.17. The molecule has 0 aliphatic rings. The molecule has 2 amide bonds. The van der Waals surface area contributed by atoms with E-state index in [0.29, 0.717) is 0 Å². The van der Waals surface area contributed by atoms with Crippen LogP contribution in [0, 0.1) is 11.6 Å². The van der Waals surface area contributed by atoms with Crippen LogP contribution < -0.4 is 5.32 Å². The van der Waals surface area contributed by atoms with Gasteiger partial charge in [-0.3, -0.25) is 4.79 Å². The summed E-state index contributed by atoms with van der Waals surface area (Å²) < 4.78 is 26.3. The van der Waals surface area contributed by atoms with Crippen LogP contribution in [0.5, 0.6) is 0 Å². The summed E-state index contributed by atoms with van der Waals surface area (Å²) in [7, 11) is 1.44. The Morgan fingerprint density at radius 2 is 2.05 bits per heavy atom. The lowest BCUT2D eigenvalue weighted by molar-refractivity contribution is -0.137. The fourth-order valence-corrected chi connectivity index (χ4v) is 1.59. The molecule has 1 rings (SSSR count). The van der Waals surface area contributed by atoms with Gasteiger partial charge in [-0.15, -0.1) is 0 Å². The summed E-state index contributed by atoms with van der Waals surface area (Å²) in [5.41, 5.74) is 0.159. The zero-order chi connectivity index (χ0) is 15.3. The van der Waals surface area contributed by atoms with Crippen molar-refractivity contribution in [1.29, 1.82) is 0 Å². The number of hydrogen-bond acceptors (Lipinski definition) is 2. The summed E-state index contributed by atoms with van der Waals surface area (Å²) in [6.07, 6.45) is -0.177. The number of nitrogens with one attached hydrogen (secondary N) is 1. The van der Waals surface area contributed by atoms with Crippen LogP contribution in [0.25, 0.3) is 0 Å². The van der Waals surface area contributed by atoms with Gasteiger partial charge in [0.1, 0.15) is 11.6 Å². The molecule has 0 saturated heterocycles. The standard InChI is InChI=1S/C13H16F2N2O3/c1-8(10-4-3-9(14)7-11(10)15)16-13(20)17(2)6-5-12(18)19/h3-4,7-8H,5-6H2,1-2H3,(H,16,20)(H,18,19). The van der Waals surface area contributed by atoms with Crippen molar-refractivity contribution in [3.8, 4) is 0 Å². The van der Waals surface area contributed by atoms with Gasteiger partial charge in [0, 0.05) is 25.2 Å². The molecule has 0 spiro atoms. The van der Waals surface area contributed by atoms with Gasteiger partial charge < -0.3 is 15.3 Å². The monoisotopic (exact) mass is 286 g/mol. The van der Waals surface area contributed by atoms with Crippen molar-refractivity contribution in [1.82, 2.24) is 10.2 Å². The molecule has 20 heavy (non-hydrogen) atoms. The van der Waals surface area contributed by atoms with E-state index in [2.05, 4.69) is 5.32 Å². The van der Waals surface area contributed by atoms with Crippen molar-refractivity contribution in [2.24, 2.45) is 0 Å². The smallest absolute Gasteiger partial charge is 0.317 e. The van der Waals surface area contributed by atoms with Crippen LogP contribution in [0.1, 0.15) is 24.9 Å². The van der Waals surface area contributed by atoms with E-state index in [0.717, 1.165) is 12.1 Å². The summed E-state index contributed by atoms with van der Waals surface area (Å²) in [6.45, 7) is 1.60. The molecule has 110 valence electrons. The molecule has 0 fully saturated rings. The second kappa shape index (κ2) is 6.83. The van der Waals surface area contributed by atoms with Crippen molar-refractivity contribution < 1.29 is 23.5 Å². The lowest BCUT2D eigenvalue weighted by Crippen LogP contribution is -2.39. The Labute approximate surface area is 115 Å². The summed E-state index contributed by atoms with van der Waals surface area (Å²) in [4.78, 5) is 23.3. The number of aliphatic carboxylic acids is 1. The highest BCUT2D eigenvalue weighted by Gasteiger charge is 2.17. The van der Waals surface area contributed by atoms with Gasteiger partial charge in [-0.1, -0.05) is 6.07 Å². The fraction of sp³-hybridized carbons (Fsp3) is 0.385. The van der Waals surface area contributed by atoms with Gasteiger partial charge >= 0.3 is 12.0 Å². The normalized spacial score (nSPS) is 11.8. The summed E-state index contributed by atoms with van der Waals surface area (Å²) in [5, 5.41) is 11.0. The minimum Gasteiger partial charge on any atom is -0.481 e. The maximum Gasteiger partial charge on any atom is 0.317 e. The number of benzene rings is 1. The third-order valence-corrected chi connectivity index (χ3v) is 2.78. The second-order valence-corrected chi connectivity index (χ2v) is 4.40. The molecule has 1 unspecified atom stereocenters. The quantitative estimate of drug-likeness (QED) is 0.871. The Morgan fingerprint density at radius 1 is 1.40 bits per heavy atom. The molecule has 7 heteroatoms. The number of nitrogens with zero attached hydrogens (tertiary/aromatic N) is 1. The molecule has 1 atom stereocenters. The number of carbonyl (C=O) groups excluding carboxylic acids is 1. The van der Waals surface area contributed by atoms with Crippen molar-refractivity contribution in [2.75, 3.05) is 13.6 Å². The molecule has 0 aliphatic carbocycles. The molecular weight excluding hydrogens is 270 g/mol. The Bertz CT molecular complexity index is 508. The van der Waals surface area contributed by atoms with Gasteiger partial charge in [0.2, 0.25) is 0 Å². The molecule has 0 radical (unpaired) electrons. The highest BCUT2D eigenvalue weighted by molar-refractivity contribution is 5.75. The van der Waals surface area contributed by atoms with E-state index in [1.165, 1.54) is 18.0 Å². The predicted octanol–water partition coefficient (Wildman–Crippen LogP) is 2.14. The van der Waals surface area contributed by atoms with E-state index in [4.69, 9.17) is 5.11 Å². The number of carbonyl (C=O) groups is 2. The predicted molar refractivity (Wildman–Crippen MR) is 68.2 cm³/mol. The zero-order valence-electron chi connectivity index (χ0n) is 11.2. The van der Waals surface area contributed by atoms with Crippen LogP contribution in [0.15, 0.2) is 18.2 Å². The molecular formula is C13H16F2N2O3. The van der Waals surface area contributed by atoms with Crippen molar-refractivity contribution >= 4 is 12.0 Å². The minimum absolute atomic E-state index is 0.0415. The Hall–Kier alpha value is -2.18. The number of amides is 2. The number of urea groups is 1. The maximum absolute atomic E-state index is 13.5. The molecule has 0 bridgehead atoms. The van der Waals surface area contributed by atoms with E-state index >= 15 is 0 Å². The Kier molecular flexibility index (Phi) is 5.42. The Balaban J connectivity index is 2.63. The first-order valence-electron chi connectivity index (χ1n) is 5.99. The number of halogens is 2. The summed E-state index contributed by atoms with van der Waals surface area (Å²) >= 11 is 0. The number of carboxylic acids is 1. The first-order chi connectivity index (χ1) is 9.31. The molecule has 1 aromatic carbocycles. The molecule has 0 aromatic heterocycles. The van der Waals surface area contributed by atoms with E-state index in [-0.39, 0.29) is 18.5 Å². The minimum atomic E-state index is -1.01. The topological polar surface area (TPSA) is 69.6 Å². The van der Waals surface area contributed by atoms with Crippen molar-refractivity contribution in [2.45, 2.75) is 19.4 Å². The fourth-order valence-electron chi connectivity index (χ4n) is 1.59. The van der Waals surface area contributed by atoms with Crippen LogP contribution in [0.4, 0.5) is 13.6 Å². The van der Waals surface area contributed by atoms with Crippen LogP contribution in [0.2, 0.25) is 0 Å². The number of carboxylic acid groups (broad SMARTS) is 1. The molecule has 1 aromatic rings. The average molecular weight is 286 g/mol. The van der Waals surface area contributed by atoms with Gasteiger partial charge in [0.15, 0.2) is 0 Å². The maximum atomic E-state index is 13.5. The SMILES string of the molecule is CC(NC(=O)N(C)CCC(=O)O)c1ccc(F)cc1F. The van der Waals surface area contributed by atoms with Gasteiger partial charge in [0.25, 0.3) is 0 Å². The van der Waals surface area contributed by atoms with E-state index in [1.807, 2.05) is 0 Å². The largest absolute Gasteiger partial charge is 0.481 e. The van der Waals surface area contributed by atoms with Crippen LogP contribution in [-0.2, 0) is 4.79 Å². The van der Waals surface area contributed by atoms with Crippen LogP contribution in [0.3, 0.4) is 0 Å². The average Bonchev–Trinajstić information content (AvgIpc) is 2.35. The molecule has 0 aliphatic heterocycles. The van der Waals surface area contributed by atoms with Crippen LogP contribution >= 0.6 is 0 Å². The molecule has 0 saturated carbocycles. The molecule has 5 nitrogen and oxygen atoms in total. The lowest BCUT2D eigenvalue weighted by Gasteiger charge is -2.21. The number of hydrogen-bond donors (Lipinski definition) is 2.